The lowest BCUT2D eigenvalue weighted by molar-refractivity contribution is -0.114. The van der Waals surface area contributed by atoms with Crippen LogP contribution in [0.15, 0.2) is 42.5 Å². The van der Waals surface area contributed by atoms with Gasteiger partial charge in [0.1, 0.15) is 11.6 Å². The van der Waals surface area contributed by atoms with Gasteiger partial charge in [-0.2, -0.15) is 0 Å². The van der Waals surface area contributed by atoms with Crippen molar-refractivity contribution in [2.24, 2.45) is 0 Å². The molecule has 0 aliphatic heterocycles. The third kappa shape index (κ3) is 4.27. The highest BCUT2D eigenvalue weighted by Crippen LogP contribution is 2.20. The second-order valence-corrected chi connectivity index (χ2v) is 4.47. The lowest BCUT2D eigenvalue weighted by atomic mass is 10.2. The molecule has 22 heavy (non-hydrogen) atoms. The molecule has 0 saturated heterocycles. The van der Waals surface area contributed by atoms with Crippen LogP contribution in [0.5, 0.6) is 0 Å². The quantitative estimate of drug-likeness (QED) is 0.811. The molecule has 0 aliphatic carbocycles. The first-order valence-electron chi connectivity index (χ1n) is 6.35. The summed E-state index contributed by atoms with van der Waals surface area (Å²) in [4.78, 5) is 22.7. The van der Waals surface area contributed by atoms with E-state index in [2.05, 4.69) is 16.0 Å². The van der Waals surface area contributed by atoms with Crippen LogP contribution in [0.2, 0.25) is 0 Å². The van der Waals surface area contributed by atoms with Crippen LogP contribution in [0.3, 0.4) is 0 Å². The summed E-state index contributed by atoms with van der Waals surface area (Å²) in [5.74, 6) is -1.53. The fraction of sp³-hybridized carbons (Fsp3) is 0.0667. The van der Waals surface area contributed by atoms with Crippen molar-refractivity contribution < 1.29 is 18.4 Å². The van der Waals surface area contributed by atoms with Crippen LogP contribution in [-0.2, 0) is 4.79 Å². The number of carbonyl (C=O) groups is 2. The molecule has 0 heterocycles. The molecule has 3 N–H and O–H groups in total. The fourth-order valence-electron chi connectivity index (χ4n) is 1.75. The zero-order chi connectivity index (χ0) is 16.1. The first-order chi connectivity index (χ1) is 10.4. The fourth-order valence-corrected chi connectivity index (χ4v) is 1.75. The van der Waals surface area contributed by atoms with Crippen molar-refractivity contribution in [3.8, 4) is 0 Å². The number of urea groups is 1. The van der Waals surface area contributed by atoms with E-state index in [1.54, 1.807) is 0 Å². The van der Waals surface area contributed by atoms with Crippen molar-refractivity contribution in [2.75, 3.05) is 16.0 Å². The highest BCUT2D eigenvalue weighted by atomic mass is 19.1. The van der Waals surface area contributed by atoms with E-state index >= 15 is 0 Å². The van der Waals surface area contributed by atoms with Crippen molar-refractivity contribution in [2.45, 2.75) is 6.92 Å². The number of nitrogens with one attached hydrogen (secondary N) is 3. The molecule has 3 amide bonds. The van der Waals surface area contributed by atoms with Crippen LogP contribution in [0.1, 0.15) is 6.92 Å². The first-order valence-corrected chi connectivity index (χ1v) is 6.35. The third-order valence-electron chi connectivity index (χ3n) is 2.62. The summed E-state index contributed by atoms with van der Waals surface area (Å²) in [6.45, 7) is 1.25. The largest absolute Gasteiger partial charge is 0.324 e. The molecule has 2 aromatic rings. The number of anilines is 3. The molecule has 0 fully saturated rings. The van der Waals surface area contributed by atoms with E-state index in [1.807, 2.05) is 0 Å². The average Bonchev–Trinajstić information content (AvgIpc) is 2.42. The lowest BCUT2D eigenvalue weighted by Crippen LogP contribution is -2.19. The van der Waals surface area contributed by atoms with Crippen LogP contribution in [0, 0.1) is 11.6 Å². The maximum atomic E-state index is 13.5. The number of benzene rings is 2. The number of halogens is 2. The highest BCUT2D eigenvalue weighted by Gasteiger charge is 2.08. The molecule has 0 aliphatic rings. The normalized spacial score (nSPS) is 9.95. The number of amides is 3. The molecule has 7 heteroatoms. The van der Waals surface area contributed by atoms with Crippen molar-refractivity contribution in [3.63, 3.8) is 0 Å². The molecule has 2 aromatic carbocycles. The lowest BCUT2D eigenvalue weighted by Gasteiger charge is -2.10. The molecule has 0 aromatic heterocycles. The van der Waals surface area contributed by atoms with E-state index in [4.69, 9.17) is 0 Å². The minimum Gasteiger partial charge on any atom is -0.324 e. The van der Waals surface area contributed by atoms with Gasteiger partial charge in [0, 0.05) is 18.3 Å². The van der Waals surface area contributed by atoms with Crippen molar-refractivity contribution in [3.05, 3.63) is 54.1 Å². The standard InChI is InChI=1S/C15H13F2N3O2/c1-9(21)18-14-8-12(5-6-13(14)17)20-15(22)19-11-4-2-3-10(16)7-11/h2-8H,1H3,(H,18,21)(H2,19,20,22). The third-order valence-corrected chi connectivity index (χ3v) is 2.62. The summed E-state index contributed by atoms with van der Waals surface area (Å²) in [5, 5.41) is 7.20. The van der Waals surface area contributed by atoms with E-state index in [0.29, 0.717) is 0 Å². The van der Waals surface area contributed by atoms with Gasteiger partial charge >= 0.3 is 6.03 Å². The Morgan fingerprint density at radius 1 is 0.909 bits per heavy atom. The molecule has 114 valence electrons. The highest BCUT2D eigenvalue weighted by molar-refractivity contribution is 6.00. The molecule has 0 radical (unpaired) electrons. The van der Waals surface area contributed by atoms with Gasteiger partial charge in [0.15, 0.2) is 0 Å². The molecule has 2 rings (SSSR count). The molecular weight excluding hydrogens is 292 g/mol. The van der Waals surface area contributed by atoms with Crippen molar-refractivity contribution >= 4 is 29.0 Å². The second-order valence-electron chi connectivity index (χ2n) is 4.47. The Labute approximate surface area is 125 Å². The Morgan fingerprint density at radius 2 is 1.59 bits per heavy atom. The summed E-state index contributed by atoms with van der Waals surface area (Å²) >= 11 is 0. The molecule has 0 spiro atoms. The van der Waals surface area contributed by atoms with Gasteiger partial charge in [0.2, 0.25) is 5.91 Å². The zero-order valence-electron chi connectivity index (χ0n) is 11.6. The first kappa shape index (κ1) is 15.4. The van der Waals surface area contributed by atoms with Gasteiger partial charge < -0.3 is 16.0 Å². The monoisotopic (exact) mass is 305 g/mol. The van der Waals surface area contributed by atoms with Gasteiger partial charge in [0.25, 0.3) is 0 Å². The van der Waals surface area contributed by atoms with Gasteiger partial charge in [0.05, 0.1) is 5.69 Å². The van der Waals surface area contributed by atoms with Crippen LogP contribution >= 0.6 is 0 Å². The predicted octanol–water partition coefficient (Wildman–Crippen LogP) is 3.57. The summed E-state index contributed by atoms with van der Waals surface area (Å²) in [6, 6.07) is 8.51. The maximum absolute atomic E-state index is 13.5. The molecule has 5 nitrogen and oxygen atoms in total. The minimum atomic E-state index is -0.619. The summed E-state index contributed by atoms with van der Waals surface area (Å²) in [7, 11) is 0. The van der Waals surface area contributed by atoms with Crippen LogP contribution in [0.25, 0.3) is 0 Å². The van der Waals surface area contributed by atoms with E-state index in [1.165, 1.54) is 37.3 Å². The Balaban J connectivity index is 2.06. The van der Waals surface area contributed by atoms with Crippen LogP contribution in [-0.4, -0.2) is 11.9 Å². The Morgan fingerprint density at radius 3 is 2.23 bits per heavy atom. The summed E-state index contributed by atoms with van der Waals surface area (Å²) in [6.07, 6.45) is 0. The Kier molecular flexibility index (Phi) is 4.67. The van der Waals surface area contributed by atoms with Gasteiger partial charge in [-0.05, 0) is 36.4 Å². The number of hydrogen-bond donors (Lipinski definition) is 3. The number of carbonyl (C=O) groups excluding carboxylic acids is 2. The van der Waals surface area contributed by atoms with Gasteiger partial charge in [-0.1, -0.05) is 6.07 Å². The van der Waals surface area contributed by atoms with E-state index in [0.717, 1.165) is 12.1 Å². The molecule has 0 saturated carbocycles. The summed E-state index contributed by atoms with van der Waals surface area (Å²) < 4.78 is 26.5. The van der Waals surface area contributed by atoms with Crippen LogP contribution in [0.4, 0.5) is 30.6 Å². The maximum Gasteiger partial charge on any atom is 0.323 e. The average molecular weight is 305 g/mol. The van der Waals surface area contributed by atoms with E-state index < -0.39 is 23.6 Å². The van der Waals surface area contributed by atoms with Gasteiger partial charge in [-0.3, -0.25) is 4.79 Å². The summed E-state index contributed by atoms with van der Waals surface area (Å²) in [5.41, 5.74) is 0.511. The molecular formula is C15H13F2N3O2. The minimum absolute atomic E-state index is 0.0453. The number of rotatable bonds is 3. The number of hydrogen-bond acceptors (Lipinski definition) is 2. The van der Waals surface area contributed by atoms with Crippen LogP contribution < -0.4 is 16.0 Å². The topological polar surface area (TPSA) is 70.2 Å². The van der Waals surface area contributed by atoms with E-state index in [-0.39, 0.29) is 17.1 Å². The Hall–Kier alpha value is -2.96. The zero-order valence-corrected chi connectivity index (χ0v) is 11.6. The van der Waals surface area contributed by atoms with Gasteiger partial charge in [-0.15, -0.1) is 0 Å². The molecule has 0 bridgehead atoms. The molecule has 0 atom stereocenters. The van der Waals surface area contributed by atoms with Gasteiger partial charge in [-0.25, -0.2) is 13.6 Å². The van der Waals surface area contributed by atoms with Crippen molar-refractivity contribution in [1.29, 1.82) is 0 Å². The SMILES string of the molecule is CC(=O)Nc1cc(NC(=O)Nc2cccc(F)c2)ccc1F. The Bertz CT molecular complexity index is 720. The smallest absolute Gasteiger partial charge is 0.323 e. The second kappa shape index (κ2) is 6.66. The van der Waals surface area contributed by atoms with Crippen molar-refractivity contribution in [1.82, 2.24) is 0 Å². The molecule has 0 unspecified atom stereocenters. The van der Waals surface area contributed by atoms with E-state index in [9.17, 15) is 18.4 Å². The predicted molar refractivity (Wildman–Crippen MR) is 79.7 cm³/mol.